The van der Waals surface area contributed by atoms with Gasteiger partial charge in [0, 0.05) is 53.9 Å². The van der Waals surface area contributed by atoms with Gasteiger partial charge in [-0.25, -0.2) is 4.98 Å². The molecule has 0 radical (unpaired) electrons. The van der Waals surface area contributed by atoms with Crippen molar-refractivity contribution >= 4 is 71.2 Å². The molecule has 1 amide bonds. The Kier molecular flexibility index (Phi) is 25.2. The van der Waals surface area contributed by atoms with Gasteiger partial charge < -0.3 is 18.7 Å². The Morgan fingerprint density at radius 2 is 1.09 bits per heavy atom. The zero-order chi connectivity index (χ0) is 65.3. The molecule has 2 saturated carbocycles. The lowest BCUT2D eigenvalue weighted by molar-refractivity contribution is -0.130. The van der Waals surface area contributed by atoms with Gasteiger partial charge in [0.2, 0.25) is 5.91 Å². The lowest BCUT2D eigenvalue weighted by Crippen LogP contribution is -2.32. The van der Waals surface area contributed by atoms with E-state index in [1.807, 2.05) is 51.8 Å². The zero-order valence-corrected chi connectivity index (χ0v) is 58.4. The van der Waals surface area contributed by atoms with E-state index in [4.69, 9.17) is 8.83 Å². The molecule has 0 atom stereocenters. The number of furan rings is 2. The van der Waals surface area contributed by atoms with Gasteiger partial charge in [-0.1, -0.05) is 147 Å². The fourth-order valence-corrected chi connectivity index (χ4v) is 12.6. The van der Waals surface area contributed by atoms with Gasteiger partial charge >= 0.3 is 0 Å². The Morgan fingerprint density at radius 1 is 0.544 bits per heavy atom. The minimum atomic E-state index is 0.219. The summed E-state index contributed by atoms with van der Waals surface area (Å²) in [5.41, 5.74) is 22.0. The van der Waals surface area contributed by atoms with Crippen molar-refractivity contribution in [1.29, 1.82) is 0 Å². The molecule has 7 aromatic carbocycles. The highest BCUT2D eigenvalue weighted by Crippen LogP contribution is 2.35. The average molecular weight is 1220 g/mol. The van der Waals surface area contributed by atoms with Crippen LogP contribution < -0.4 is 0 Å². The van der Waals surface area contributed by atoms with Crippen LogP contribution in [0.3, 0.4) is 0 Å². The summed E-state index contributed by atoms with van der Waals surface area (Å²) in [6.07, 6.45) is 11.7. The van der Waals surface area contributed by atoms with Crippen LogP contribution in [0.25, 0.3) is 54.0 Å². The normalized spacial score (nSPS) is 15.9. The predicted octanol–water partition coefficient (Wildman–Crippen LogP) is 22.3. The molecule has 2 aliphatic carbocycles. The quantitative estimate of drug-likeness (QED) is 0.177. The molecule has 5 aromatic heterocycles. The van der Waals surface area contributed by atoms with Crippen molar-refractivity contribution in [2.75, 3.05) is 7.05 Å². The number of benzene rings is 7. The van der Waals surface area contributed by atoms with Crippen LogP contribution in [0.5, 0.6) is 0 Å². The van der Waals surface area contributed by atoms with E-state index in [-0.39, 0.29) is 5.91 Å². The molecule has 0 bridgehead atoms. The van der Waals surface area contributed by atoms with Crippen LogP contribution in [-0.4, -0.2) is 37.6 Å². The van der Waals surface area contributed by atoms with Gasteiger partial charge in [0.05, 0.1) is 39.1 Å². The van der Waals surface area contributed by atoms with Crippen molar-refractivity contribution in [1.82, 2.24) is 24.6 Å². The van der Waals surface area contributed by atoms with Crippen LogP contribution in [0.4, 0.5) is 0 Å². The number of aromatic nitrogens is 4. The molecule has 90 heavy (non-hydrogen) atoms. The number of carbonyl (C=O) groups excluding carboxylic acids is 1. The van der Waals surface area contributed by atoms with Crippen molar-refractivity contribution in [3.63, 3.8) is 0 Å². The first-order valence-electron chi connectivity index (χ1n) is 32.4. The summed E-state index contributed by atoms with van der Waals surface area (Å²) < 4.78 is 14.0. The highest BCUT2D eigenvalue weighted by molar-refractivity contribution is 7.18. The number of carbonyl (C=O) groups is 1. The van der Waals surface area contributed by atoms with E-state index in [0.717, 1.165) is 63.4 Å². The molecule has 8 nitrogen and oxygen atoms in total. The number of aryl methyl sites for hydroxylation is 14. The van der Waals surface area contributed by atoms with Crippen LogP contribution in [0.2, 0.25) is 0 Å². The van der Waals surface area contributed by atoms with Crippen molar-refractivity contribution in [3.05, 3.63) is 235 Å². The zero-order valence-electron chi connectivity index (χ0n) is 57.6. The SMILES string of the molecule is CC1CC(C)C1.CCC1CC(C)C1.Cc1ccc(C)cc1.Cc1ccc2c(C)c[nH]c2c1.Cc1ccc2c(C)coc2c1.Cc1ccc2c(C)nn(C)c2c1.Cc1ccc2c(c1)CN(C)C(=O)C2.Cc1ccc2nc(C)sc2c1.Cc1ccc2oc(C)cc2c1. The highest BCUT2D eigenvalue weighted by atomic mass is 32.1. The largest absolute Gasteiger partial charge is 0.464 e. The van der Waals surface area contributed by atoms with E-state index in [9.17, 15) is 4.79 Å². The van der Waals surface area contributed by atoms with E-state index < -0.39 is 0 Å². The minimum absolute atomic E-state index is 0.219. The monoisotopic (exact) mass is 1220 g/mol. The van der Waals surface area contributed by atoms with Gasteiger partial charge in [-0.15, -0.1) is 11.3 Å². The lowest BCUT2D eigenvalue weighted by Gasteiger charge is -2.31. The molecule has 6 heterocycles. The number of hydrogen-bond donors (Lipinski definition) is 1. The lowest BCUT2D eigenvalue weighted by atomic mass is 9.75. The number of thiazole rings is 1. The van der Waals surface area contributed by atoms with Crippen LogP contribution in [0.15, 0.2) is 161 Å². The number of likely N-dealkylation sites (N-methyl/N-ethyl adjacent to an activating group) is 1. The maximum absolute atomic E-state index is 11.4. The molecule has 1 N–H and O–H groups in total. The van der Waals surface area contributed by atoms with E-state index in [2.05, 4.69) is 245 Å². The third-order valence-corrected chi connectivity index (χ3v) is 18.0. The molecule has 2 fully saturated rings. The van der Waals surface area contributed by atoms with E-state index in [0.29, 0.717) is 6.42 Å². The molecule has 12 aromatic rings. The van der Waals surface area contributed by atoms with Crippen LogP contribution in [0.1, 0.15) is 143 Å². The average Bonchev–Trinajstić information content (AvgIpc) is 1.84. The molecule has 1 aliphatic heterocycles. The molecule has 9 heteroatoms. The van der Waals surface area contributed by atoms with E-state index >= 15 is 0 Å². The number of hydrogen-bond acceptors (Lipinski definition) is 6. The summed E-state index contributed by atoms with van der Waals surface area (Å²) >= 11 is 1.76. The summed E-state index contributed by atoms with van der Waals surface area (Å²) in [5, 5.41) is 10.5. The van der Waals surface area contributed by atoms with Gasteiger partial charge in [-0.2, -0.15) is 5.10 Å². The van der Waals surface area contributed by atoms with Gasteiger partial charge in [0.1, 0.15) is 16.9 Å². The predicted molar refractivity (Wildman–Crippen MR) is 385 cm³/mol. The van der Waals surface area contributed by atoms with Crippen molar-refractivity contribution in [2.24, 2.45) is 30.7 Å². The first-order valence-corrected chi connectivity index (χ1v) is 33.2. The standard InChI is InChI=1S/C11H13NO.C10H12N2.C10H11N.2C10H10O.C9H9NS.C8H10.C7H14.C6H12/c1-8-3-4-9-6-11(13)12(2)7-10(9)5-8;1-7-4-5-9-8(2)11-12(3)10(9)6-7;1-7-3-4-9-8(2)6-11-10(9)5-7;1-7-3-4-10-9(5-7)6-8(2)11-10;1-7-3-4-9-8(2)6-11-10(9)5-7;1-6-3-4-8-9(5-6)11-7(2)10-8;1-7-3-5-8(2)6-4-7;1-3-7-4-6(2)5-7;1-5-3-6(2)4-5/h3-5H,6-7H2,1-2H3;4-6H,1-3H3;3-6,11H,1-2H3;2*3-6H,1-2H3;3-5H,1-2H3;3-6H,1-2H3;6-7H,3-5H2,1-2H3;5-6H,3-4H2,1-2H3. The Morgan fingerprint density at radius 3 is 1.71 bits per heavy atom. The van der Waals surface area contributed by atoms with E-state index in [1.54, 1.807) is 22.5 Å². The van der Waals surface area contributed by atoms with Crippen molar-refractivity contribution < 1.29 is 13.6 Å². The summed E-state index contributed by atoms with van der Waals surface area (Å²) in [6, 6.07) is 48.5. The summed E-state index contributed by atoms with van der Waals surface area (Å²) in [6.45, 7) is 37.0. The molecule has 3 aliphatic rings. The molecular weight excluding hydrogens is 1120 g/mol. The first-order chi connectivity index (χ1) is 42.8. The number of nitrogens with zero attached hydrogens (tertiary/aromatic N) is 4. The molecule has 0 saturated heterocycles. The number of rotatable bonds is 1. The number of amides is 1. The van der Waals surface area contributed by atoms with Crippen LogP contribution in [-0.2, 0) is 24.8 Å². The summed E-state index contributed by atoms with van der Waals surface area (Å²) in [7, 11) is 3.84. The Bertz CT molecular complexity index is 4030. The molecule has 15 rings (SSSR count). The third-order valence-electron chi connectivity index (χ3n) is 17.0. The Hall–Kier alpha value is -8.01. The van der Waals surface area contributed by atoms with Gasteiger partial charge in [0.25, 0.3) is 0 Å². The van der Waals surface area contributed by atoms with Gasteiger partial charge in [-0.3, -0.25) is 9.48 Å². The first kappa shape index (κ1) is 69.5. The fourth-order valence-electron chi connectivity index (χ4n) is 11.7. The second-order valence-corrected chi connectivity index (χ2v) is 27.4. The highest BCUT2D eigenvalue weighted by Gasteiger charge is 2.23. The topological polar surface area (TPSA) is 93.1 Å². The maximum atomic E-state index is 11.4. The fraction of sp³-hybridized carbons (Fsp3) is 0.370. The van der Waals surface area contributed by atoms with Gasteiger partial charge in [-0.05, 0) is 232 Å². The van der Waals surface area contributed by atoms with Gasteiger partial charge in [0.15, 0.2) is 0 Å². The number of H-pyrrole nitrogens is 1. The second kappa shape index (κ2) is 32.6. The number of nitrogens with one attached hydrogen (secondary N) is 1. The van der Waals surface area contributed by atoms with Crippen molar-refractivity contribution in [3.8, 4) is 0 Å². The number of aromatic amines is 1. The molecule has 0 unspecified atom stereocenters. The molecular formula is C81H101N5O3S. The third kappa shape index (κ3) is 20.5. The number of fused-ring (bicyclic) bond motifs is 6. The second-order valence-electron chi connectivity index (χ2n) is 26.2. The minimum Gasteiger partial charge on any atom is -0.464 e. The van der Waals surface area contributed by atoms with Crippen LogP contribution in [0, 0.1) is 114 Å². The smallest absolute Gasteiger partial charge is 0.227 e. The van der Waals surface area contributed by atoms with Crippen molar-refractivity contribution in [2.45, 2.75) is 163 Å². The Balaban J connectivity index is 0.000000145. The molecule has 0 spiro atoms. The molecule has 474 valence electrons. The summed E-state index contributed by atoms with van der Waals surface area (Å²) in [4.78, 5) is 20.7. The maximum Gasteiger partial charge on any atom is 0.227 e. The Labute approximate surface area is 542 Å². The van der Waals surface area contributed by atoms with E-state index in [1.165, 1.54) is 136 Å². The van der Waals surface area contributed by atoms with Crippen LogP contribution >= 0.6 is 11.3 Å². The summed E-state index contributed by atoms with van der Waals surface area (Å²) in [5.74, 6) is 5.42.